The van der Waals surface area contributed by atoms with E-state index >= 15 is 0 Å². The molecule has 0 atom stereocenters. The van der Waals surface area contributed by atoms with E-state index in [-0.39, 0.29) is 0 Å². The Hall–Kier alpha value is -2.95. The van der Waals surface area contributed by atoms with Gasteiger partial charge in [-0.25, -0.2) is 0 Å². The smallest absolute Gasteiger partial charge is 0.249 e. The third-order valence-corrected chi connectivity index (χ3v) is 3.98. The SMILES string of the molecule is Cc1ccc(C)c(Nc2nncc(Nc3ccc(C)c(C)c3)n2)c1. The number of anilines is 4. The molecule has 0 fully saturated rings. The van der Waals surface area contributed by atoms with E-state index in [1.807, 2.05) is 13.0 Å². The number of aryl methyl sites for hydroxylation is 4. The molecule has 0 aliphatic carbocycles. The Morgan fingerprint density at radius 2 is 1.58 bits per heavy atom. The van der Waals surface area contributed by atoms with Crippen LogP contribution in [-0.2, 0) is 0 Å². The summed E-state index contributed by atoms with van der Waals surface area (Å²) in [4.78, 5) is 4.49. The summed E-state index contributed by atoms with van der Waals surface area (Å²) in [5.74, 6) is 1.12. The first-order valence-electron chi connectivity index (χ1n) is 7.89. The molecule has 0 bridgehead atoms. The molecule has 3 aromatic rings. The lowest BCUT2D eigenvalue weighted by Crippen LogP contribution is -2.03. The van der Waals surface area contributed by atoms with Gasteiger partial charge in [-0.2, -0.15) is 10.1 Å². The van der Waals surface area contributed by atoms with Crippen LogP contribution in [0.4, 0.5) is 23.1 Å². The molecule has 122 valence electrons. The van der Waals surface area contributed by atoms with Crippen LogP contribution >= 0.6 is 0 Å². The highest BCUT2D eigenvalue weighted by atomic mass is 15.3. The average Bonchev–Trinajstić information content (AvgIpc) is 2.55. The molecule has 5 nitrogen and oxygen atoms in total. The largest absolute Gasteiger partial charge is 0.339 e. The molecule has 0 unspecified atom stereocenters. The van der Waals surface area contributed by atoms with Crippen LogP contribution in [-0.4, -0.2) is 15.2 Å². The molecule has 24 heavy (non-hydrogen) atoms. The molecule has 0 saturated carbocycles. The molecule has 3 rings (SSSR count). The van der Waals surface area contributed by atoms with Crippen LogP contribution in [0.3, 0.4) is 0 Å². The van der Waals surface area contributed by atoms with Crippen molar-refractivity contribution in [3.05, 3.63) is 64.8 Å². The third-order valence-electron chi connectivity index (χ3n) is 3.98. The molecule has 5 heteroatoms. The quantitative estimate of drug-likeness (QED) is 0.736. The number of nitrogens with zero attached hydrogens (tertiary/aromatic N) is 3. The Labute approximate surface area is 142 Å². The predicted molar refractivity (Wildman–Crippen MR) is 98.2 cm³/mol. The highest BCUT2D eigenvalue weighted by Gasteiger charge is 2.05. The number of nitrogens with one attached hydrogen (secondary N) is 2. The lowest BCUT2D eigenvalue weighted by Gasteiger charge is -2.11. The Kier molecular flexibility index (Phi) is 4.42. The second-order valence-electron chi connectivity index (χ2n) is 6.03. The summed E-state index contributed by atoms with van der Waals surface area (Å²) in [5, 5.41) is 14.6. The molecule has 0 aliphatic heterocycles. The van der Waals surface area contributed by atoms with E-state index < -0.39 is 0 Å². The summed E-state index contributed by atoms with van der Waals surface area (Å²) in [6.45, 7) is 8.29. The van der Waals surface area contributed by atoms with Crippen molar-refractivity contribution in [3.8, 4) is 0 Å². The van der Waals surface area contributed by atoms with E-state index in [4.69, 9.17) is 0 Å². The van der Waals surface area contributed by atoms with Gasteiger partial charge >= 0.3 is 0 Å². The Morgan fingerprint density at radius 1 is 0.792 bits per heavy atom. The van der Waals surface area contributed by atoms with Crippen molar-refractivity contribution in [2.24, 2.45) is 0 Å². The van der Waals surface area contributed by atoms with Crippen LogP contribution in [0, 0.1) is 27.7 Å². The van der Waals surface area contributed by atoms with Gasteiger partial charge in [0.1, 0.15) is 0 Å². The van der Waals surface area contributed by atoms with Crippen LogP contribution < -0.4 is 10.6 Å². The monoisotopic (exact) mass is 319 g/mol. The van der Waals surface area contributed by atoms with Crippen molar-refractivity contribution in [3.63, 3.8) is 0 Å². The lowest BCUT2D eigenvalue weighted by atomic mass is 10.1. The summed E-state index contributed by atoms with van der Waals surface area (Å²) in [6.07, 6.45) is 1.61. The van der Waals surface area contributed by atoms with E-state index in [0.29, 0.717) is 11.8 Å². The molecule has 1 heterocycles. The zero-order valence-electron chi connectivity index (χ0n) is 14.4. The number of aromatic nitrogens is 3. The Bertz CT molecular complexity index is 873. The Balaban J connectivity index is 1.81. The maximum Gasteiger partial charge on any atom is 0.249 e. The van der Waals surface area contributed by atoms with E-state index in [2.05, 4.69) is 76.9 Å². The lowest BCUT2D eigenvalue weighted by molar-refractivity contribution is 0.981. The molecular weight excluding hydrogens is 298 g/mol. The van der Waals surface area contributed by atoms with Gasteiger partial charge in [-0.15, -0.1) is 5.10 Å². The van der Waals surface area contributed by atoms with Crippen molar-refractivity contribution in [2.75, 3.05) is 10.6 Å². The molecule has 0 amide bonds. The molecule has 0 aliphatic rings. The van der Waals surface area contributed by atoms with Gasteiger partial charge in [0, 0.05) is 11.4 Å². The van der Waals surface area contributed by atoms with Gasteiger partial charge < -0.3 is 10.6 Å². The van der Waals surface area contributed by atoms with Crippen molar-refractivity contribution in [1.29, 1.82) is 0 Å². The van der Waals surface area contributed by atoms with Gasteiger partial charge in [-0.3, -0.25) is 0 Å². The number of hydrogen-bond donors (Lipinski definition) is 2. The van der Waals surface area contributed by atoms with Gasteiger partial charge in [0.05, 0.1) is 6.20 Å². The third kappa shape index (κ3) is 3.68. The van der Waals surface area contributed by atoms with E-state index in [0.717, 1.165) is 16.9 Å². The van der Waals surface area contributed by atoms with Crippen LogP contribution in [0.25, 0.3) is 0 Å². The fraction of sp³-hybridized carbons (Fsp3) is 0.211. The maximum atomic E-state index is 4.49. The van der Waals surface area contributed by atoms with Crippen molar-refractivity contribution in [1.82, 2.24) is 15.2 Å². The Morgan fingerprint density at radius 3 is 2.38 bits per heavy atom. The minimum Gasteiger partial charge on any atom is -0.339 e. The first kappa shape index (κ1) is 15.9. The summed E-state index contributed by atoms with van der Waals surface area (Å²) < 4.78 is 0. The fourth-order valence-electron chi connectivity index (χ4n) is 2.37. The molecule has 0 saturated heterocycles. The van der Waals surface area contributed by atoms with Crippen LogP contribution in [0.2, 0.25) is 0 Å². The minimum absolute atomic E-state index is 0.470. The van der Waals surface area contributed by atoms with Crippen molar-refractivity contribution in [2.45, 2.75) is 27.7 Å². The molecular formula is C19H21N5. The first-order chi connectivity index (χ1) is 11.5. The second kappa shape index (κ2) is 6.66. The maximum absolute atomic E-state index is 4.49. The van der Waals surface area contributed by atoms with E-state index in [1.54, 1.807) is 6.20 Å². The van der Waals surface area contributed by atoms with Crippen LogP contribution in [0.15, 0.2) is 42.6 Å². The molecule has 2 aromatic carbocycles. The number of benzene rings is 2. The molecule has 2 N–H and O–H groups in total. The first-order valence-corrected chi connectivity index (χ1v) is 7.89. The number of hydrogen-bond acceptors (Lipinski definition) is 5. The zero-order chi connectivity index (χ0) is 17.1. The second-order valence-corrected chi connectivity index (χ2v) is 6.03. The predicted octanol–water partition coefficient (Wildman–Crippen LogP) is 4.59. The highest BCUT2D eigenvalue weighted by Crippen LogP contribution is 2.21. The number of rotatable bonds is 4. The normalized spacial score (nSPS) is 10.5. The summed E-state index contributed by atoms with van der Waals surface area (Å²) in [5.41, 5.74) is 6.78. The van der Waals surface area contributed by atoms with E-state index in [9.17, 15) is 0 Å². The highest BCUT2D eigenvalue weighted by molar-refractivity contribution is 5.62. The van der Waals surface area contributed by atoms with Crippen molar-refractivity contribution >= 4 is 23.1 Å². The molecule has 0 spiro atoms. The van der Waals surface area contributed by atoms with Crippen molar-refractivity contribution < 1.29 is 0 Å². The average molecular weight is 319 g/mol. The van der Waals surface area contributed by atoms with Gasteiger partial charge in [0.25, 0.3) is 0 Å². The zero-order valence-corrected chi connectivity index (χ0v) is 14.4. The van der Waals surface area contributed by atoms with Gasteiger partial charge in [-0.1, -0.05) is 18.2 Å². The van der Waals surface area contributed by atoms with Gasteiger partial charge in [0.2, 0.25) is 5.95 Å². The molecule has 1 aromatic heterocycles. The molecule has 0 radical (unpaired) electrons. The topological polar surface area (TPSA) is 62.7 Å². The van der Waals surface area contributed by atoms with Gasteiger partial charge in [-0.05, 0) is 68.1 Å². The van der Waals surface area contributed by atoms with Crippen LogP contribution in [0.5, 0.6) is 0 Å². The van der Waals surface area contributed by atoms with E-state index in [1.165, 1.54) is 16.7 Å². The minimum atomic E-state index is 0.470. The summed E-state index contributed by atoms with van der Waals surface area (Å²) >= 11 is 0. The summed E-state index contributed by atoms with van der Waals surface area (Å²) in [6, 6.07) is 12.4. The standard InChI is InChI=1S/C19H21N5/c1-12-5-6-14(3)17(9-12)22-19-23-18(11-20-24-19)21-16-8-7-13(2)15(4)10-16/h5-11H,1-4H3,(H2,21,22,23,24). The van der Waals surface area contributed by atoms with Gasteiger partial charge in [0.15, 0.2) is 5.82 Å². The fourth-order valence-corrected chi connectivity index (χ4v) is 2.37. The summed E-state index contributed by atoms with van der Waals surface area (Å²) in [7, 11) is 0. The van der Waals surface area contributed by atoms with Crippen LogP contribution in [0.1, 0.15) is 22.3 Å².